The van der Waals surface area contributed by atoms with Crippen LogP contribution in [0.25, 0.3) is 0 Å². The first-order valence-electron chi connectivity index (χ1n) is 16.8. The Morgan fingerprint density at radius 1 is 1.24 bits per heavy atom. The van der Waals surface area contributed by atoms with E-state index in [2.05, 4.69) is 12.2 Å². The molecule has 8 rings (SSSR count). The Morgan fingerprint density at radius 3 is 2.69 bits per heavy atom. The Morgan fingerprint density at radius 2 is 2.00 bits per heavy atom. The normalized spacial score (nSPS) is 43.2. The minimum Gasteiger partial charge on any atom is -0.481 e. The number of hydrogen-bond donors (Lipinski definition) is 2. The summed E-state index contributed by atoms with van der Waals surface area (Å²) in [5.41, 5.74) is -0.545. The minimum atomic E-state index is -2.68. The van der Waals surface area contributed by atoms with E-state index in [4.69, 9.17) is 21.3 Å². The van der Waals surface area contributed by atoms with Gasteiger partial charge in [0.05, 0.1) is 36.4 Å². The molecule has 9 unspecified atom stereocenters. The summed E-state index contributed by atoms with van der Waals surface area (Å²) in [5.74, 6) is -1.98. The summed E-state index contributed by atoms with van der Waals surface area (Å²) in [7, 11) is 1.82. The van der Waals surface area contributed by atoms with Gasteiger partial charge in [0.25, 0.3) is 11.5 Å². The van der Waals surface area contributed by atoms with Crippen LogP contribution < -0.4 is 10.9 Å². The van der Waals surface area contributed by atoms with Gasteiger partial charge in [-0.2, -0.15) is 11.8 Å². The number of carbonyl (C=O) groups is 1. The number of hydrogen-bond acceptors (Lipinski definition) is 7. The molecule has 0 spiro atoms. The number of piperidine rings is 1. The van der Waals surface area contributed by atoms with Crippen molar-refractivity contribution < 1.29 is 23.4 Å². The molecular formula is C33H47ClF2N4O4S. The van der Waals surface area contributed by atoms with E-state index < -0.39 is 22.8 Å². The molecule has 45 heavy (non-hydrogen) atoms. The summed E-state index contributed by atoms with van der Waals surface area (Å²) >= 11 is 8.50. The molecule has 0 radical (unpaired) electrons. The lowest BCUT2D eigenvalue weighted by molar-refractivity contribution is -0.402. The van der Waals surface area contributed by atoms with Crippen LogP contribution in [0.15, 0.2) is 4.79 Å². The van der Waals surface area contributed by atoms with Gasteiger partial charge in [-0.05, 0) is 90.5 Å². The first-order chi connectivity index (χ1) is 21.3. The van der Waals surface area contributed by atoms with Gasteiger partial charge in [0.2, 0.25) is 0 Å². The predicted molar refractivity (Wildman–Crippen MR) is 170 cm³/mol. The number of carboxylic acids is 1. The molecule has 6 fully saturated rings. The Hall–Kier alpha value is -1.27. The third-order valence-electron chi connectivity index (χ3n) is 12.7. The second kappa shape index (κ2) is 11.4. The molecule has 5 aliphatic carbocycles. The molecule has 250 valence electrons. The van der Waals surface area contributed by atoms with Crippen molar-refractivity contribution >= 4 is 29.3 Å². The van der Waals surface area contributed by atoms with Gasteiger partial charge in [-0.3, -0.25) is 19.1 Å². The fourth-order valence-corrected chi connectivity index (χ4v) is 12.3. The van der Waals surface area contributed by atoms with Crippen molar-refractivity contribution in [2.45, 2.75) is 131 Å². The van der Waals surface area contributed by atoms with E-state index in [1.165, 1.54) is 0 Å². The van der Waals surface area contributed by atoms with E-state index in [0.29, 0.717) is 61.9 Å². The lowest BCUT2D eigenvalue weighted by Crippen LogP contribution is -2.88. The van der Waals surface area contributed by atoms with E-state index in [0.717, 1.165) is 37.8 Å². The molecule has 2 aliphatic heterocycles. The van der Waals surface area contributed by atoms with Crippen LogP contribution in [0, 0.1) is 30.1 Å². The lowest BCUT2D eigenvalue weighted by atomic mass is 9.36. The number of halogens is 3. The van der Waals surface area contributed by atoms with E-state index in [-0.39, 0.29) is 52.3 Å². The van der Waals surface area contributed by atoms with Crippen molar-refractivity contribution in [1.82, 2.24) is 19.8 Å². The van der Waals surface area contributed by atoms with Crippen molar-refractivity contribution in [1.29, 1.82) is 0 Å². The van der Waals surface area contributed by atoms with E-state index in [1.807, 2.05) is 18.9 Å². The van der Waals surface area contributed by atoms with Gasteiger partial charge >= 0.3 is 5.97 Å². The number of aromatic nitrogens is 2. The highest BCUT2D eigenvalue weighted by molar-refractivity contribution is 8.00. The van der Waals surface area contributed by atoms with Gasteiger partial charge in [0, 0.05) is 45.5 Å². The van der Waals surface area contributed by atoms with E-state index >= 15 is 0 Å². The molecule has 7 aliphatic rings. The molecule has 12 heteroatoms. The molecule has 0 aromatic carbocycles. The van der Waals surface area contributed by atoms with E-state index in [1.54, 1.807) is 23.3 Å². The van der Waals surface area contributed by atoms with Gasteiger partial charge in [0.1, 0.15) is 5.82 Å². The largest absolute Gasteiger partial charge is 0.481 e. The van der Waals surface area contributed by atoms with Crippen LogP contribution in [-0.4, -0.2) is 91.3 Å². The summed E-state index contributed by atoms with van der Waals surface area (Å²) in [6.45, 7) is 6.43. The maximum absolute atomic E-state index is 14.9. The number of carboxylic acid groups (broad SMARTS) is 1. The van der Waals surface area contributed by atoms with Gasteiger partial charge in [-0.25, -0.2) is 13.8 Å². The Kier molecular flexibility index (Phi) is 8.19. The lowest BCUT2D eigenvalue weighted by Gasteiger charge is -2.77. The van der Waals surface area contributed by atoms with Gasteiger partial charge < -0.3 is 15.2 Å². The Bertz CT molecular complexity index is 1410. The summed E-state index contributed by atoms with van der Waals surface area (Å²) in [6, 6.07) is 0.0713. The molecule has 8 nitrogen and oxygen atoms in total. The van der Waals surface area contributed by atoms with Crippen LogP contribution >= 0.6 is 23.4 Å². The number of nitrogens with one attached hydrogen (secondary N) is 1. The molecule has 2 saturated heterocycles. The van der Waals surface area contributed by atoms with Gasteiger partial charge in [-0.1, -0.05) is 6.92 Å². The average Bonchev–Trinajstić information content (AvgIpc) is 3.41. The Balaban J connectivity index is 1.03. The SMILES string of the molecule is Cc1nc2c(c(=O)n1CCOC1CCC(Cl)CC1C1CC(C)NC3C(C(=O)O)CSC13)CC(N(C)C13CC(C)(C1)C3(F)F)CC2. The number of aryl methyl sites for hydroxylation is 2. The van der Waals surface area contributed by atoms with Crippen LogP contribution in [0.4, 0.5) is 8.78 Å². The van der Waals surface area contributed by atoms with Crippen LogP contribution in [0.3, 0.4) is 0 Å². The quantitative estimate of drug-likeness (QED) is 0.391. The Labute approximate surface area is 273 Å². The predicted octanol–water partition coefficient (Wildman–Crippen LogP) is 4.50. The summed E-state index contributed by atoms with van der Waals surface area (Å²) in [4.78, 5) is 32.5. The fraction of sp³-hybridized carbons (Fsp3) is 0.848. The molecular weight excluding hydrogens is 622 g/mol. The number of nitrogens with zero attached hydrogens (tertiary/aromatic N) is 3. The number of rotatable bonds is 8. The zero-order valence-corrected chi connectivity index (χ0v) is 28.3. The van der Waals surface area contributed by atoms with Crippen LogP contribution in [0.2, 0.25) is 0 Å². The van der Waals surface area contributed by atoms with Crippen molar-refractivity contribution in [3.63, 3.8) is 0 Å². The smallest absolute Gasteiger partial charge is 0.308 e. The van der Waals surface area contributed by atoms with Crippen LogP contribution in [0.1, 0.15) is 75.9 Å². The fourth-order valence-electron chi connectivity index (χ4n) is 10.2. The highest BCUT2D eigenvalue weighted by Gasteiger charge is 2.87. The molecule has 1 aromatic heterocycles. The number of thioether (sulfide) groups is 1. The molecule has 2 N–H and O–H groups in total. The summed E-state index contributed by atoms with van der Waals surface area (Å²) < 4.78 is 38.2. The zero-order chi connectivity index (χ0) is 32.1. The first kappa shape index (κ1) is 32.3. The first-order valence-corrected chi connectivity index (χ1v) is 18.3. The van der Waals surface area contributed by atoms with Crippen molar-refractivity contribution in [2.24, 2.45) is 23.2 Å². The molecule has 0 amide bonds. The number of alkyl halides is 3. The molecule has 2 bridgehead atoms. The van der Waals surface area contributed by atoms with E-state index in [9.17, 15) is 23.5 Å². The highest BCUT2D eigenvalue weighted by atomic mass is 35.5. The standard InChI is InChI=1S/C33H47ClF2N4O4S/c1-17-11-22(28-27(37-17)24(14-45-28)30(42)43)21-12-19(34)5-8-26(21)44-10-9-40-18(2)38-25-7-6-20(13-23(25)29(40)41)39(4)32-15-31(3,16-32)33(32,35)36/h17,19-22,24,26-28,37H,5-16H2,1-4H3,(H,42,43). The summed E-state index contributed by atoms with van der Waals surface area (Å²) in [5, 5.41) is 13.7. The maximum Gasteiger partial charge on any atom is 0.308 e. The third-order valence-corrected chi connectivity index (χ3v) is 14.7. The number of likely N-dealkylation sites (N-methyl/N-ethyl adjacent to an activating group) is 1. The second-order valence-corrected chi connectivity index (χ2v) is 17.1. The highest BCUT2D eigenvalue weighted by Crippen LogP contribution is 2.78. The minimum absolute atomic E-state index is 0.00313. The molecule has 4 saturated carbocycles. The second-order valence-electron chi connectivity index (χ2n) is 15.3. The third kappa shape index (κ3) is 4.94. The van der Waals surface area contributed by atoms with Gasteiger partial charge in [-0.15, -0.1) is 11.6 Å². The van der Waals surface area contributed by atoms with Gasteiger partial charge in [0.15, 0.2) is 0 Å². The molecule has 9 atom stereocenters. The molecule has 3 heterocycles. The van der Waals surface area contributed by atoms with Crippen LogP contribution in [-0.2, 0) is 28.9 Å². The number of ether oxygens (including phenoxy) is 1. The van der Waals surface area contributed by atoms with Crippen molar-refractivity contribution in [3.05, 3.63) is 27.4 Å². The zero-order valence-electron chi connectivity index (χ0n) is 26.7. The topological polar surface area (TPSA) is 96.7 Å². The average molecular weight is 669 g/mol. The van der Waals surface area contributed by atoms with Crippen molar-refractivity contribution in [2.75, 3.05) is 19.4 Å². The van der Waals surface area contributed by atoms with Crippen molar-refractivity contribution in [3.8, 4) is 0 Å². The molecule has 1 aromatic rings. The number of fused-ring (bicyclic) bond motifs is 2. The summed E-state index contributed by atoms with van der Waals surface area (Å²) in [6.07, 6.45) is 6.35. The monoisotopic (exact) mass is 668 g/mol. The number of aliphatic carboxylic acids is 1. The maximum atomic E-state index is 14.9. The van der Waals surface area contributed by atoms with Crippen LogP contribution in [0.5, 0.6) is 0 Å².